The Morgan fingerprint density at radius 3 is 2.85 bits per heavy atom. The van der Waals surface area contributed by atoms with Crippen molar-refractivity contribution in [2.75, 3.05) is 0 Å². The number of aromatic nitrogens is 2. The van der Waals surface area contributed by atoms with Crippen LogP contribution in [0.2, 0.25) is 0 Å². The lowest BCUT2D eigenvalue weighted by molar-refractivity contribution is -0.384. The lowest BCUT2D eigenvalue weighted by Gasteiger charge is -2.05. The Morgan fingerprint density at radius 2 is 2.20 bits per heavy atom. The molecule has 2 aromatic rings. The number of nitrogens with one attached hydrogen (secondary N) is 1. The van der Waals surface area contributed by atoms with Crippen LogP contribution in [0.4, 0.5) is 5.69 Å². The molecule has 1 amide bonds. The van der Waals surface area contributed by atoms with Gasteiger partial charge in [-0.15, -0.1) is 0 Å². The monoisotopic (exact) mass is 274 g/mol. The summed E-state index contributed by atoms with van der Waals surface area (Å²) in [7, 11) is 0. The van der Waals surface area contributed by atoms with Crippen molar-refractivity contribution in [3.05, 3.63) is 52.6 Å². The van der Waals surface area contributed by atoms with E-state index in [0.29, 0.717) is 5.69 Å². The summed E-state index contributed by atoms with van der Waals surface area (Å²) in [5.41, 5.74) is 0.838. The van der Waals surface area contributed by atoms with Crippen LogP contribution < -0.4 is 5.32 Å². The predicted molar refractivity (Wildman–Crippen MR) is 72.8 cm³/mol. The second kappa shape index (κ2) is 5.52. The quantitative estimate of drug-likeness (QED) is 0.681. The van der Waals surface area contributed by atoms with Crippen molar-refractivity contribution in [1.29, 1.82) is 0 Å². The summed E-state index contributed by atoms with van der Waals surface area (Å²) in [6, 6.07) is 6.14. The molecule has 0 spiro atoms. The largest absolute Gasteiger partial charge is 0.348 e. The van der Waals surface area contributed by atoms with Gasteiger partial charge in [-0.1, -0.05) is 6.07 Å². The smallest absolute Gasteiger partial charge is 0.271 e. The number of amides is 1. The van der Waals surface area contributed by atoms with E-state index in [-0.39, 0.29) is 23.3 Å². The Bertz CT molecular complexity index is 649. The Hall–Kier alpha value is -2.70. The fraction of sp³-hybridized carbons (Fsp3) is 0.231. The molecular weight excluding hydrogens is 260 g/mol. The van der Waals surface area contributed by atoms with E-state index in [0.717, 1.165) is 0 Å². The van der Waals surface area contributed by atoms with Crippen molar-refractivity contribution in [3.8, 4) is 5.69 Å². The van der Waals surface area contributed by atoms with Crippen molar-refractivity contribution in [1.82, 2.24) is 14.9 Å². The van der Waals surface area contributed by atoms with Crippen LogP contribution in [0.1, 0.15) is 24.3 Å². The minimum atomic E-state index is -0.465. The Morgan fingerprint density at radius 1 is 1.45 bits per heavy atom. The van der Waals surface area contributed by atoms with Gasteiger partial charge in [0, 0.05) is 24.4 Å². The molecular formula is C13H14N4O3. The van der Waals surface area contributed by atoms with Crippen LogP contribution in [0, 0.1) is 10.1 Å². The molecule has 0 saturated carbocycles. The first-order valence-corrected chi connectivity index (χ1v) is 6.07. The Balaban J connectivity index is 2.26. The number of non-ortho nitro benzene ring substituents is 1. The molecule has 1 aromatic carbocycles. The van der Waals surface area contributed by atoms with Gasteiger partial charge in [-0.2, -0.15) is 0 Å². The van der Waals surface area contributed by atoms with Crippen LogP contribution >= 0.6 is 0 Å². The summed E-state index contributed by atoms with van der Waals surface area (Å²) in [6.45, 7) is 3.71. The molecule has 1 N–H and O–H groups in total. The Kier molecular flexibility index (Phi) is 3.79. The summed E-state index contributed by atoms with van der Waals surface area (Å²) in [4.78, 5) is 26.1. The third-order valence-corrected chi connectivity index (χ3v) is 2.57. The van der Waals surface area contributed by atoms with Crippen LogP contribution in [0.5, 0.6) is 0 Å². The minimum absolute atomic E-state index is 0.00983. The molecule has 0 unspecified atom stereocenters. The maximum absolute atomic E-state index is 11.8. The first kappa shape index (κ1) is 13.7. The van der Waals surface area contributed by atoms with E-state index in [2.05, 4.69) is 10.3 Å². The average Bonchev–Trinajstić information content (AvgIpc) is 2.87. The molecule has 20 heavy (non-hydrogen) atoms. The lowest BCUT2D eigenvalue weighted by Crippen LogP contribution is -2.30. The zero-order valence-electron chi connectivity index (χ0n) is 11.1. The number of carbonyl (C=O) groups is 1. The zero-order valence-corrected chi connectivity index (χ0v) is 11.1. The van der Waals surface area contributed by atoms with Crippen molar-refractivity contribution in [2.24, 2.45) is 0 Å². The van der Waals surface area contributed by atoms with Crippen LogP contribution in [0.15, 0.2) is 36.8 Å². The van der Waals surface area contributed by atoms with Crippen LogP contribution in [0.3, 0.4) is 0 Å². The second-order valence-corrected chi connectivity index (χ2v) is 4.57. The van der Waals surface area contributed by atoms with Crippen LogP contribution in [-0.2, 0) is 0 Å². The highest BCUT2D eigenvalue weighted by Crippen LogP contribution is 2.16. The third kappa shape index (κ3) is 3.00. The summed E-state index contributed by atoms with van der Waals surface area (Å²) in [5.74, 6) is -0.274. The first-order chi connectivity index (χ1) is 9.47. The van der Waals surface area contributed by atoms with Crippen LogP contribution in [-0.4, -0.2) is 26.4 Å². The highest BCUT2D eigenvalue weighted by atomic mass is 16.6. The van der Waals surface area contributed by atoms with Crippen molar-refractivity contribution >= 4 is 11.6 Å². The van der Waals surface area contributed by atoms with E-state index < -0.39 is 4.92 Å². The number of rotatable bonds is 4. The third-order valence-electron chi connectivity index (χ3n) is 2.57. The molecule has 0 fully saturated rings. The molecule has 0 radical (unpaired) electrons. The van der Waals surface area contributed by atoms with Crippen molar-refractivity contribution in [2.45, 2.75) is 19.9 Å². The molecule has 0 atom stereocenters. The topological polar surface area (TPSA) is 90.1 Å². The van der Waals surface area contributed by atoms with Gasteiger partial charge < -0.3 is 9.88 Å². The summed E-state index contributed by atoms with van der Waals surface area (Å²) in [6.07, 6.45) is 2.99. The van der Waals surface area contributed by atoms with E-state index in [1.54, 1.807) is 16.7 Å². The van der Waals surface area contributed by atoms with Gasteiger partial charge in [0.25, 0.3) is 11.6 Å². The number of benzene rings is 1. The average molecular weight is 274 g/mol. The van der Waals surface area contributed by atoms with Gasteiger partial charge in [0.05, 0.1) is 10.6 Å². The van der Waals surface area contributed by atoms with E-state index in [1.807, 2.05) is 13.8 Å². The van der Waals surface area contributed by atoms with E-state index in [9.17, 15) is 14.9 Å². The summed E-state index contributed by atoms with van der Waals surface area (Å²) >= 11 is 0. The zero-order chi connectivity index (χ0) is 14.7. The molecule has 0 aliphatic carbocycles. The van der Waals surface area contributed by atoms with E-state index >= 15 is 0 Å². The normalized spacial score (nSPS) is 10.6. The fourth-order valence-corrected chi connectivity index (χ4v) is 1.68. The molecule has 104 valence electrons. The van der Waals surface area contributed by atoms with Gasteiger partial charge >= 0.3 is 0 Å². The molecule has 1 heterocycles. The molecule has 1 aromatic heterocycles. The summed E-state index contributed by atoms with van der Waals surface area (Å²) in [5, 5.41) is 13.5. The van der Waals surface area contributed by atoms with Gasteiger partial charge in [-0.25, -0.2) is 4.98 Å². The summed E-state index contributed by atoms with van der Waals surface area (Å²) < 4.78 is 1.57. The number of nitro benzene ring substituents is 1. The number of nitrogens with zero attached hydrogens (tertiary/aromatic N) is 3. The van der Waals surface area contributed by atoms with Gasteiger partial charge in [0.2, 0.25) is 0 Å². The Labute approximate surface area is 115 Å². The van der Waals surface area contributed by atoms with Crippen molar-refractivity contribution in [3.63, 3.8) is 0 Å². The highest BCUT2D eigenvalue weighted by molar-refractivity contribution is 5.92. The van der Waals surface area contributed by atoms with E-state index in [1.165, 1.54) is 24.7 Å². The molecule has 7 heteroatoms. The number of carbonyl (C=O) groups excluding carboxylic acids is 1. The fourth-order valence-electron chi connectivity index (χ4n) is 1.68. The van der Waals surface area contributed by atoms with Gasteiger partial charge in [0.15, 0.2) is 0 Å². The molecule has 0 aliphatic rings. The number of nitro groups is 1. The maximum Gasteiger partial charge on any atom is 0.271 e. The molecule has 2 rings (SSSR count). The standard InChI is InChI=1S/C13H14N4O3/c1-9(2)15-13(18)12-7-16(8-14-12)10-4-3-5-11(6-10)17(19)20/h3-9H,1-2H3,(H,15,18). The van der Waals surface area contributed by atoms with Crippen molar-refractivity contribution < 1.29 is 9.72 Å². The highest BCUT2D eigenvalue weighted by Gasteiger charge is 2.12. The second-order valence-electron chi connectivity index (χ2n) is 4.57. The molecule has 0 saturated heterocycles. The van der Waals surface area contributed by atoms with Gasteiger partial charge in [-0.3, -0.25) is 14.9 Å². The number of imidazole rings is 1. The molecule has 0 bridgehead atoms. The van der Waals surface area contributed by atoms with Crippen LogP contribution in [0.25, 0.3) is 5.69 Å². The predicted octanol–water partition coefficient (Wildman–Crippen LogP) is 1.92. The minimum Gasteiger partial charge on any atom is -0.348 e. The molecule has 0 aliphatic heterocycles. The van der Waals surface area contributed by atoms with E-state index in [4.69, 9.17) is 0 Å². The molecule has 7 nitrogen and oxygen atoms in total. The number of hydrogen-bond acceptors (Lipinski definition) is 4. The maximum atomic E-state index is 11.8. The van der Waals surface area contributed by atoms with Gasteiger partial charge in [0.1, 0.15) is 12.0 Å². The first-order valence-electron chi connectivity index (χ1n) is 6.07. The van der Waals surface area contributed by atoms with Gasteiger partial charge in [-0.05, 0) is 19.9 Å². The SMILES string of the molecule is CC(C)NC(=O)c1cn(-c2cccc([N+](=O)[O-])c2)cn1. The lowest BCUT2D eigenvalue weighted by atomic mass is 10.3. The number of hydrogen-bond donors (Lipinski definition) is 1.